The van der Waals surface area contributed by atoms with Gasteiger partial charge in [-0.3, -0.25) is 0 Å². The van der Waals surface area contributed by atoms with Crippen molar-refractivity contribution in [2.24, 2.45) is 5.84 Å². The Morgan fingerprint density at radius 3 is 2.53 bits per heavy atom. The van der Waals surface area contributed by atoms with Crippen LogP contribution in [0.25, 0.3) is 11.4 Å². The Morgan fingerprint density at radius 1 is 1.11 bits per heavy atom. The number of nitrogens with two attached hydrogens (primary N) is 1. The summed E-state index contributed by atoms with van der Waals surface area (Å²) in [4.78, 5) is 9.13. The fourth-order valence-electron chi connectivity index (χ4n) is 2.14. The summed E-state index contributed by atoms with van der Waals surface area (Å²) in [5.41, 5.74) is 7.30. The second-order valence-corrected chi connectivity index (χ2v) is 5.22. The second kappa shape index (κ2) is 4.63. The molecule has 1 aliphatic carbocycles. The third kappa shape index (κ3) is 2.44. The van der Waals surface area contributed by atoms with Crippen LogP contribution in [0, 0.1) is 13.8 Å². The lowest BCUT2D eigenvalue weighted by Gasteiger charge is -2.08. The number of hydrogen-bond donors (Lipinski definition) is 2. The third-order valence-corrected chi connectivity index (χ3v) is 3.65. The number of aryl methyl sites for hydroxylation is 2. The first-order valence-corrected chi connectivity index (χ1v) is 6.60. The number of anilines is 1. The van der Waals surface area contributed by atoms with Gasteiger partial charge in [-0.15, -0.1) is 0 Å². The van der Waals surface area contributed by atoms with Crippen molar-refractivity contribution >= 4 is 5.82 Å². The summed E-state index contributed by atoms with van der Waals surface area (Å²) in [5.74, 6) is 7.52. The highest BCUT2D eigenvalue weighted by molar-refractivity contribution is 5.59. The summed E-state index contributed by atoms with van der Waals surface area (Å²) in [6, 6.07) is 8.24. The Bertz CT molecular complexity index is 618. The monoisotopic (exact) mass is 254 g/mol. The number of nitrogens with one attached hydrogen (secondary N) is 1. The molecule has 4 nitrogen and oxygen atoms in total. The Morgan fingerprint density at radius 2 is 1.89 bits per heavy atom. The van der Waals surface area contributed by atoms with Crippen LogP contribution in [0.5, 0.6) is 0 Å². The molecule has 0 atom stereocenters. The van der Waals surface area contributed by atoms with Crippen LogP contribution in [0.2, 0.25) is 0 Å². The zero-order chi connectivity index (χ0) is 13.4. The number of benzene rings is 1. The fourth-order valence-corrected chi connectivity index (χ4v) is 2.14. The maximum absolute atomic E-state index is 5.50. The van der Waals surface area contributed by atoms with Crippen molar-refractivity contribution in [3.05, 3.63) is 41.1 Å². The van der Waals surface area contributed by atoms with Gasteiger partial charge in [0.25, 0.3) is 0 Å². The molecule has 1 aliphatic rings. The first-order chi connectivity index (χ1) is 9.17. The topological polar surface area (TPSA) is 63.8 Å². The van der Waals surface area contributed by atoms with Gasteiger partial charge in [-0.1, -0.05) is 12.1 Å². The molecule has 1 saturated carbocycles. The van der Waals surface area contributed by atoms with Gasteiger partial charge in [0.2, 0.25) is 0 Å². The van der Waals surface area contributed by atoms with Crippen molar-refractivity contribution in [1.29, 1.82) is 0 Å². The van der Waals surface area contributed by atoms with E-state index in [0.29, 0.717) is 11.7 Å². The van der Waals surface area contributed by atoms with Crippen molar-refractivity contribution in [2.75, 3.05) is 5.43 Å². The van der Waals surface area contributed by atoms with Crippen LogP contribution in [0.1, 0.15) is 35.6 Å². The van der Waals surface area contributed by atoms with Crippen LogP contribution >= 0.6 is 0 Å². The van der Waals surface area contributed by atoms with E-state index in [1.165, 1.54) is 24.0 Å². The SMILES string of the molecule is Cc1ccc(-c2nc(NN)cc(C3CC3)n2)cc1C. The van der Waals surface area contributed by atoms with E-state index in [-0.39, 0.29) is 0 Å². The summed E-state index contributed by atoms with van der Waals surface area (Å²) in [5, 5.41) is 0. The molecule has 1 aromatic carbocycles. The largest absolute Gasteiger partial charge is 0.308 e. The average Bonchev–Trinajstić information content (AvgIpc) is 3.26. The van der Waals surface area contributed by atoms with E-state index in [4.69, 9.17) is 5.84 Å². The molecule has 4 heteroatoms. The van der Waals surface area contributed by atoms with Gasteiger partial charge in [0.15, 0.2) is 5.82 Å². The lowest BCUT2D eigenvalue weighted by atomic mass is 10.1. The molecule has 19 heavy (non-hydrogen) atoms. The third-order valence-electron chi connectivity index (χ3n) is 3.65. The van der Waals surface area contributed by atoms with Crippen molar-refractivity contribution in [1.82, 2.24) is 9.97 Å². The number of nitrogen functional groups attached to an aromatic ring is 1. The molecule has 3 N–H and O–H groups in total. The number of hydrogen-bond acceptors (Lipinski definition) is 4. The summed E-state index contributed by atoms with van der Waals surface area (Å²) in [7, 11) is 0. The van der Waals surface area contributed by atoms with E-state index in [9.17, 15) is 0 Å². The van der Waals surface area contributed by atoms with Gasteiger partial charge >= 0.3 is 0 Å². The van der Waals surface area contributed by atoms with E-state index in [2.05, 4.69) is 47.4 Å². The molecule has 0 saturated heterocycles. The van der Waals surface area contributed by atoms with Crippen LogP contribution < -0.4 is 11.3 Å². The molecule has 0 unspecified atom stereocenters. The molecule has 0 amide bonds. The lowest BCUT2D eigenvalue weighted by Crippen LogP contribution is -2.10. The fraction of sp³-hybridized carbons (Fsp3) is 0.333. The van der Waals surface area contributed by atoms with Crippen molar-refractivity contribution in [2.45, 2.75) is 32.6 Å². The minimum atomic E-state index is 0.584. The minimum Gasteiger partial charge on any atom is -0.308 e. The minimum absolute atomic E-state index is 0.584. The predicted molar refractivity (Wildman–Crippen MR) is 76.7 cm³/mol. The molecule has 2 aromatic rings. The van der Waals surface area contributed by atoms with Gasteiger partial charge in [0, 0.05) is 23.2 Å². The van der Waals surface area contributed by atoms with Gasteiger partial charge in [-0.05, 0) is 43.9 Å². The van der Waals surface area contributed by atoms with Crippen molar-refractivity contribution < 1.29 is 0 Å². The molecule has 3 rings (SSSR count). The van der Waals surface area contributed by atoms with Crippen LogP contribution in [0.3, 0.4) is 0 Å². The Hall–Kier alpha value is -1.94. The van der Waals surface area contributed by atoms with Crippen LogP contribution in [-0.4, -0.2) is 9.97 Å². The quantitative estimate of drug-likeness (QED) is 0.653. The first kappa shape index (κ1) is 12.1. The molecule has 0 radical (unpaired) electrons. The molecule has 0 aliphatic heterocycles. The van der Waals surface area contributed by atoms with E-state index in [1.807, 2.05) is 6.07 Å². The summed E-state index contributed by atoms with van der Waals surface area (Å²) >= 11 is 0. The van der Waals surface area contributed by atoms with Crippen LogP contribution in [0.15, 0.2) is 24.3 Å². The molecular weight excluding hydrogens is 236 g/mol. The summed E-state index contributed by atoms with van der Waals surface area (Å²) in [6.07, 6.45) is 2.43. The zero-order valence-corrected chi connectivity index (χ0v) is 11.3. The van der Waals surface area contributed by atoms with Gasteiger partial charge in [0.05, 0.1) is 0 Å². The Balaban J connectivity index is 2.07. The summed E-state index contributed by atoms with van der Waals surface area (Å²) < 4.78 is 0. The lowest BCUT2D eigenvalue weighted by molar-refractivity contribution is 0.990. The number of rotatable bonds is 3. The van der Waals surface area contributed by atoms with Crippen LogP contribution in [-0.2, 0) is 0 Å². The normalized spacial score (nSPS) is 14.5. The van der Waals surface area contributed by atoms with Crippen molar-refractivity contribution in [3.63, 3.8) is 0 Å². The Labute approximate surface area is 113 Å². The molecule has 0 bridgehead atoms. The molecule has 1 heterocycles. The highest BCUT2D eigenvalue weighted by atomic mass is 15.3. The van der Waals surface area contributed by atoms with Crippen LogP contribution in [0.4, 0.5) is 5.82 Å². The van der Waals surface area contributed by atoms with Gasteiger partial charge in [-0.2, -0.15) is 0 Å². The van der Waals surface area contributed by atoms with E-state index in [1.54, 1.807) is 0 Å². The highest BCUT2D eigenvalue weighted by Gasteiger charge is 2.26. The average molecular weight is 254 g/mol. The van der Waals surface area contributed by atoms with Gasteiger partial charge in [0.1, 0.15) is 5.82 Å². The Kier molecular flexibility index (Phi) is 2.95. The zero-order valence-electron chi connectivity index (χ0n) is 11.3. The molecule has 98 valence electrons. The predicted octanol–water partition coefficient (Wildman–Crippen LogP) is 2.92. The van der Waals surface area contributed by atoms with E-state index in [0.717, 1.165) is 17.1 Å². The van der Waals surface area contributed by atoms with E-state index >= 15 is 0 Å². The van der Waals surface area contributed by atoms with E-state index < -0.39 is 0 Å². The standard InChI is InChI=1S/C15H18N4/c1-9-3-4-12(7-10(9)2)15-17-13(11-5-6-11)8-14(18-15)19-16/h3-4,7-8,11H,5-6,16H2,1-2H3,(H,17,18,19). The number of hydrazine groups is 1. The molecule has 1 aromatic heterocycles. The van der Waals surface area contributed by atoms with Gasteiger partial charge < -0.3 is 5.43 Å². The summed E-state index contributed by atoms with van der Waals surface area (Å²) in [6.45, 7) is 4.21. The number of nitrogens with zero attached hydrogens (tertiary/aromatic N) is 2. The maximum Gasteiger partial charge on any atom is 0.161 e. The molecule has 0 spiro atoms. The van der Waals surface area contributed by atoms with Crippen molar-refractivity contribution in [3.8, 4) is 11.4 Å². The highest BCUT2D eigenvalue weighted by Crippen LogP contribution is 2.40. The maximum atomic E-state index is 5.50. The second-order valence-electron chi connectivity index (χ2n) is 5.22. The van der Waals surface area contributed by atoms with Gasteiger partial charge in [-0.25, -0.2) is 15.8 Å². The molecular formula is C15H18N4. The smallest absolute Gasteiger partial charge is 0.161 e. The first-order valence-electron chi connectivity index (χ1n) is 6.60. The molecule has 1 fully saturated rings. The number of aromatic nitrogens is 2.